The molecule has 2 unspecified atom stereocenters. The Morgan fingerprint density at radius 2 is 1.08 bits per heavy atom. The van der Waals surface area contributed by atoms with Crippen LogP contribution in [0.15, 0.2) is 121 Å². The molecule has 4 aromatic rings. The first-order valence-corrected chi connectivity index (χ1v) is 14.0. The Bertz CT molecular complexity index is 1230. The molecule has 1 aliphatic carbocycles. The Labute approximate surface area is 218 Å². The lowest BCUT2D eigenvalue weighted by Gasteiger charge is -2.27. The Hall–Kier alpha value is -3.37. The van der Waals surface area contributed by atoms with Crippen LogP contribution in [0.3, 0.4) is 0 Å². The second-order valence-electron chi connectivity index (χ2n) is 9.65. The van der Waals surface area contributed by atoms with Crippen molar-refractivity contribution < 1.29 is 23.2 Å². The Morgan fingerprint density at radius 3 is 1.49 bits per heavy atom. The van der Waals surface area contributed by atoms with Gasteiger partial charge in [-0.15, -0.1) is 4.67 Å². The molecular formula is C31H31O5P. The van der Waals surface area contributed by atoms with Crippen LogP contribution >= 0.6 is 7.82 Å². The van der Waals surface area contributed by atoms with Crippen molar-refractivity contribution >= 4 is 7.82 Å². The first-order valence-electron chi connectivity index (χ1n) is 12.6. The SMILES string of the molecule is CC(C)C(OOP(=O)(Oc1ccccc1)Oc1ccccc1)C1CC1(c1ccccc1)c1ccccc1. The normalized spacial score (nSPS) is 17.2. The number of hydrogen-bond donors (Lipinski definition) is 0. The second-order valence-corrected chi connectivity index (χ2v) is 11.1. The average Bonchev–Trinajstić information content (AvgIpc) is 3.67. The third kappa shape index (κ3) is 5.65. The third-order valence-electron chi connectivity index (χ3n) is 6.81. The van der Waals surface area contributed by atoms with Crippen molar-refractivity contribution in [1.29, 1.82) is 0 Å². The van der Waals surface area contributed by atoms with Gasteiger partial charge in [0, 0.05) is 11.3 Å². The van der Waals surface area contributed by atoms with Crippen LogP contribution < -0.4 is 9.05 Å². The van der Waals surface area contributed by atoms with E-state index in [0.29, 0.717) is 11.5 Å². The number of rotatable bonds is 11. The summed E-state index contributed by atoms with van der Waals surface area (Å²) in [5.74, 6) is 0.919. The molecule has 0 bridgehead atoms. The summed E-state index contributed by atoms with van der Waals surface area (Å²) in [5.41, 5.74) is 2.24. The van der Waals surface area contributed by atoms with E-state index in [0.717, 1.165) is 6.42 Å². The summed E-state index contributed by atoms with van der Waals surface area (Å²) in [4.78, 5) is 6.02. The fraction of sp³-hybridized carbons (Fsp3) is 0.226. The number of phosphoric acid groups is 1. The predicted molar refractivity (Wildman–Crippen MR) is 144 cm³/mol. The van der Waals surface area contributed by atoms with Gasteiger partial charge >= 0.3 is 7.82 Å². The molecule has 2 atom stereocenters. The highest BCUT2D eigenvalue weighted by Crippen LogP contribution is 2.62. The molecule has 5 rings (SSSR count). The maximum absolute atomic E-state index is 13.8. The fourth-order valence-electron chi connectivity index (χ4n) is 5.00. The van der Waals surface area contributed by atoms with Crippen LogP contribution in [0.25, 0.3) is 0 Å². The number of phosphoric ester groups is 1. The van der Waals surface area contributed by atoms with Gasteiger partial charge in [-0.3, -0.25) is 0 Å². The van der Waals surface area contributed by atoms with Crippen molar-refractivity contribution in [2.75, 3.05) is 0 Å². The molecule has 0 aliphatic heterocycles. The van der Waals surface area contributed by atoms with Gasteiger partial charge in [0.1, 0.15) is 11.5 Å². The van der Waals surface area contributed by atoms with Crippen molar-refractivity contribution in [3.05, 3.63) is 132 Å². The minimum absolute atomic E-state index is 0.0844. The molecule has 0 N–H and O–H groups in total. The van der Waals surface area contributed by atoms with E-state index in [4.69, 9.17) is 18.6 Å². The number of benzene rings is 4. The average molecular weight is 515 g/mol. The molecule has 0 radical (unpaired) electrons. The van der Waals surface area contributed by atoms with E-state index < -0.39 is 7.82 Å². The molecule has 0 aromatic heterocycles. The lowest BCUT2D eigenvalue weighted by molar-refractivity contribution is -0.271. The zero-order valence-corrected chi connectivity index (χ0v) is 21.9. The van der Waals surface area contributed by atoms with Crippen LogP contribution in [0, 0.1) is 11.8 Å². The molecule has 0 amide bonds. The van der Waals surface area contributed by atoms with E-state index in [1.807, 2.05) is 24.3 Å². The molecule has 5 nitrogen and oxygen atoms in total. The van der Waals surface area contributed by atoms with E-state index in [2.05, 4.69) is 62.4 Å². The van der Waals surface area contributed by atoms with Gasteiger partial charge in [0.15, 0.2) is 0 Å². The van der Waals surface area contributed by atoms with Crippen molar-refractivity contribution in [2.45, 2.75) is 31.8 Å². The van der Waals surface area contributed by atoms with Crippen LogP contribution in [0.5, 0.6) is 11.5 Å². The first kappa shape index (κ1) is 25.3. The maximum Gasteiger partial charge on any atom is 0.615 e. The molecule has 37 heavy (non-hydrogen) atoms. The van der Waals surface area contributed by atoms with Gasteiger partial charge in [0.2, 0.25) is 0 Å². The molecule has 1 saturated carbocycles. The largest absolute Gasteiger partial charge is 0.615 e. The predicted octanol–water partition coefficient (Wildman–Crippen LogP) is 8.23. The third-order valence-corrected chi connectivity index (χ3v) is 7.95. The molecule has 1 aliphatic rings. The molecule has 0 spiro atoms. The lowest BCUT2D eigenvalue weighted by atomic mass is 9.83. The summed E-state index contributed by atoms with van der Waals surface area (Å²) < 4.78 is 31.0. The van der Waals surface area contributed by atoms with Crippen molar-refractivity contribution in [2.24, 2.45) is 11.8 Å². The molecule has 0 saturated heterocycles. The topological polar surface area (TPSA) is 54.0 Å². The lowest BCUT2D eigenvalue weighted by Crippen LogP contribution is -2.28. The van der Waals surface area contributed by atoms with E-state index >= 15 is 0 Å². The molecule has 0 heterocycles. The standard InChI is InChI=1S/C31H31O5P/c1-24(2)30(29-23-31(29,25-15-7-3-8-16-25)26-17-9-4-10-18-26)33-36-37(32,34-27-19-11-5-12-20-27)35-28-21-13-6-14-22-28/h3-22,24,29-30H,23H2,1-2H3. The van der Waals surface area contributed by atoms with Gasteiger partial charge in [0.05, 0.1) is 6.10 Å². The van der Waals surface area contributed by atoms with Crippen molar-refractivity contribution in [3.8, 4) is 11.5 Å². The van der Waals surface area contributed by atoms with E-state index in [-0.39, 0.29) is 23.4 Å². The highest BCUT2D eigenvalue weighted by Gasteiger charge is 2.61. The minimum atomic E-state index is -4.18. The van der Waals surface area contributed by atoms with Gasteiger partial charge in [-0.25, -0.2) is 9.45 Å². The summed E-state index contributed by atoms with van der Waals surface area (Å²) in [6.45, 7) is 4.16. The van der Waals surface area contributed by atoms with E-state index in [9.17, 15) is 4.57 Å². The summed E-state index contributed by atoms with van der Waals surface area (Å²) in [6.07, 6.45) is 0.531. The summed E-state index contributed by atoms with van der Waals surface area (Å²) >= 11 is 0. The van der Waals surface area contributed by atoms with Gasteiger partial charge in [-0.2, -0.15) is 0 Å². The number of hydrogen-bond acceptors (Lipinski definition) is 5. The summed E-state index contributed by atoms with van der Waals surface area (Å²) in [7, 11) is -4.18. The zero-order chi connectivity index (χ0) is 25.7. The van der Waals surface area contributed by atoms with Crippen LogP contribution in [-0.2, 0) is 19.5 Å². The van der Waals surface area contributed by atoms with Gasteiger partial charge < -0.3 is 9.05 Å². The molecule has 1 fully saturated rings. The summed E-state index contributed by atoms with van der Waals surface area (Å²) in [6, 6.07) is 38.6. The highest BCUT2D eigenvalue weighted by atomic mass is 31.2. The molecule has 6 heteroatoms. The van der Waals surface area contributed by atoms with E-state index in [1.54, 1.807) is 48.5 Å². The monoisotopic (exact) mass is 514 g/mol. The van der Waals surface area contributed by atoms with Crippen LogP contribution in [0.4, 0.5) is 0 Å². The highest BCUT2D eigenvalue weighted by molar-refractivity contribution is 7.49. The van der Waals surface area contributed by atoms with Crippen molar-refractivity contribution in [3.63, 3.8) is 0 Å². The maximum atomic E-state index is 13.8. The molecular weight excluding hydrogens is 483 g/mol. The van der Waals surface area contributed by atoms with Gasteiger partial charge in [-0.05, 0) is 47.7 Å². The molecule has 4 aromatic carbocycles. The smallest absolute Gasteiger partial charge is 0.394 e. The van der Waals surface area contributed by atoms with Gasteiger partial charge in [-0.1, -0.05) is 111 Å². The number of para-hydroxylation sites is 2. The van der Waals surface area contributed by atoms with Crippen molar-refractivity contribution in [1.82, 2.24) is 0 Å². The zero-order valence-electron chi connectivity index (χ0n) is 21.0. The Balaban J connectivity index is 1.41. The van der Waals surface area contributed by atoms with Crippen LogP contribution in [0.1, 0.15) is 31.4 Å². The first-order chi connectivity index (χ1) is 18.0. The summed E-state index contributed by atoms with van der Waals surface area (Å²) in [5, 5.41) is 0. The van der Waals surface area contributed by atoms with E-state index in [1.165, 1.54) is 11.1 Å². The minimum Gasteiger partial charge on any atom is -0.394 e. The molecule has 190 valence electrons. The Morgan fingerprint density at radius 1 is 0.676 bits per heavy atom. The Kier molecular flexibility index (Phi) is 7.48. The van der Waals surface area contributed by atoms with Crippen LogP contribution in [0.2, 0.25) is 0 Å². The fourth-order valence-corrected chi connectivity index (χ4v) is 6.06. The quantitative estimate of drug-likeness (QED) is 0.115. The second kappa shape index (κ2) is 10.9. The van der Waals surface area contributed by atoms with Gasteiger partial charge in [0.25, 0.3) is 0 Å². The van der Waals surface area contributed by atoms with Crippen LogP contribution in [-0.4, -0.2) is 6.10 Å².